The lowest BCUT2D eigenvalue weighted by Gasteiger charge is -2.27. The number of ether oxygens (including phenoxy) is 3. The zero-order chi connectivity index (χ0) is 26.3. The summed E-state index contributed by atoms with van der Waals surface area (Å²) in [6.07, 6.45) is 14.8. The maximum Gasteiger partial charge on any atom is 0.307 e. The number of unbranched alkanes of at least 4 members (excludes halogenated alkanes) is 4. The predicted molar refractivity (Wildman–Crippen MR) is 138 cm³/mol. The van der Waals surface area contributed by atoms with E-state index in [1.165, 1.54) is 19.4 Å². The highest BCUT2D eigenvalue weighted by Gasteiger charge is 2.33. The maximum absolute atomic E-state index is 11.8. The first kappa shape index (κ1) is 30.9. The third-order valence-corrected chi connectivity index (χ3v) is 6.60. The molecule has 6 nitrogen and oxygen atoms in total. The topological polar surface area (TPSA) is 78.9 Å². The first-order valence-electron chi connectivity index (χ1n) is 13.5. The third-order valence-electron chi connectivity index (χ3n) is 6.60. The van der Waals surface area contributed by atoms with Gasteiger partial charge >= 0.3 is 17.9 Å². The number of rotatable bonds is 16. The predicted octanol–water partition coefficient (Wildman–Crippen LogP) is 7.21. The van der Waals surface area contributed by atoms with E-state index in [4.69, 9.17) is 14.2 Å². The summed E-state index contributed by atoms with van der Waals surface area (Å²) in [5.41, 5.74) is 1.01. The molecule has 0 amide bonds. The molecule has 1 fully saturated rings. The Balaban J connectivity index is 2.82. The average Bonchev–Trinajstić information content (AvgIpc) is 3.16. The van der Waals surface area contributed by atoms with E-state index in [0.717, 1.165) is 70.6 Å². The summed E-state index contributed by atoms with van der Waals surface area (Å²) < 4.78 is 16.4. The lowest BCUT2D eigenvalue weighted by molar-refractivity contribution is -0.148. The van der Waals surface area contributed by atoms with E-state index >= 15 is 0 Å². The molecule has 0 saturated heterocycles. The number of carbonyl (C=O) groups excluding carboxylic acids is 3. The van der Waals surface area contributed by atoms with E-state index < -0.39 is 0 Å². The van der Waals surface area contributed by atoms with Crippen LogP contribution in [0, 0.1) is 11.3 Å². The number of allylic oxidation sites excluding steroid dienone is 3. The van der Waals surface area contributed by atoms with E-state index in [0.29, 0.717) is 18.8 Å². The van der Waals surface area contributed by atoms with Crippen molar-refractivity contribution in [2.75, 3.05) is 6.61 Å². The Hall–Kier alpha value is -2.11. The second-order valence-corrected chi connectivity index (χ2v) is 10.3. The highest BCUT2D eigenvalue weighted by atomic mass is 16.5. The van der Waals surface area contributed by atoms with Crippen LogP contribution in [0.2, 0.25) is 0 Å². The zero-order valence-corrected chi connectivity index (χ0v) is 23.0. The Morgan fingerprint density at radius 2 is 1.69 bits per heavy atom. The third kappa shape index (κ3) is 12.4. The van der Waals surface area contributed by atoms with Gasteiger partial charge in [-0.15, -0.1) is 0 Å². The quantitative estimate of drug-likeness (QED) is 0.0980. The Kier molecular flexibility index (Phi) is 14.6. The summed E-state index contributed by atoms with van der Waals surface area (Å²) in [5.74, 6) is 0.194. The normalized spacial score (nSPS) is 19.6. The van der Waals surface area contributed by atoms with Crippen LogP contribution in [0.3, 0.4) is 0 Å². The minimum Gasteiger partial charge on any atom is -0.466 e. The van der Waals surface area contributed by atoms with Crippen LogP contribution in [0.5, 0.6) is 0 Å². The molecule has 1 rings (SSSR count). The van der Waals surface area contributed by atoms with Crippen LogP contribution >= 0.6 is 0 Å². The molecule has 0 N–H and O–H groups in total. The average molecular weight is 493 g/mol. The Morgan fingerprint density at radius 1 is 0.971 bits per heavy atom. The molecule has 0 aromatic carbocycles. The molecule has 0 unspecified atom stereocenters. The fraction of sp³-hybridized carbons (Fsp3) is 0.759. The molecule has 1 saturated carbocycles. The fourth-order valence-electron chi connectivity index (χ4n) is 4.62. The largest absolute Gasteiger partial charge is 0.466 e. The molecule has 0 bridgehead atoms. The van der Waals surface area contributed by atoms with Gasteiger partial charge in [-0.3, -0.25) is 14.4 Å². The highest BCUT2D eigenvalue weighted by Crippen LogP contribution is 2.39. The Morgan fingerprint density at radius 3 is 2.31 bits per heavy atom. The van der Waals surface area contributed by atoms with Gasteiger partial charge in [0.25, 0.3) is 0 Å². The lowest BCUT2D eigenvalue weighted by Crippen LogP contribution is -2.21. The molecule has 6 heteroatoms. The molecule has 0 spiro atoms. The minimum absolute atomic E-state index is 0.110. The smallest absolute Gasteiger partial charge is 0.307 e. The number of carbonyl (C=O) groups is 3. The fourth-order valence-corrected chi connectivity index (χ4v) is 4.62. The standard InChI is InChI=1S/C29H48O6/c1-7-9-20-29(5,6)27(35-23(4)31)19-17-24-16-18-26(34-22(3)30)25(24)14-12-10-11-13-15-28(32)33-21-8-2/h17,19,25-26H,7-16,18,20-21H2,1-6H3/t25-,26-/m1/s1. The van der Waals surface area contributed by atoms with Gasteiger partial charge in [0.15, 0.2) is 0 Å². The summed E-state index contributed by atoms with van der Waals surface area (Å²) in [7, 11) is 0. The summed E-state index contributed by atoms with van der Waals surface area (Å²) in [4.78, 5) is 35.1. The highest BCUT2D eigenvalue weighted by molar-refractivity contribution is 5.69. The first-order chi connectivity index (χ1) is 16.6. The van der Waals surface area contributed by atoms with E-state index in [9.17, 15) is 14.4 Å². The van der Waals surface area contributed by atoms with Crippen molar-refractivity contribution in [3.63, 3.8) is 0 Å². The van der Waals surface area contributed by atoms with Gasteiger partial charge in [0.1, 0.15) is 11.9 Å². The monoisotopic (exact) mass is 492 g/mol. The molecule has 0 aromatic rings. The molecule has 1 aliphatic rings. The lowest BCUT2D eigenvalue weighted by atomic mass is 9.84. The van der Waals surface area contributed by atoms with Gasteiger partial charge in [0.2, 0.25) is 0 Å². The molecule has 1 aliphatic carbocycles. The van der Waals surface area contributed by atoms with E-state index in [1.807, 2.05) is 13.0 Å². The van der Waals surface area contributed by atoms with Crippen LogP contribution < -0.4 is 0 Å². The van der Waals surface area contributed by atoms with Crippen LogP contribution in [0.1, 0.15) is 119 Å². The SMILES string of the molecule is CCCCC(C)(C)C(=CC=C1CC[C@@H](OC(C)=O)[C@@H]1CCCCCCC(=O)OCCC)OC(C)=O. The summed E-state index contributed by atoms with van der Waals surface area (Å²) >= 11 is 0. The minimum atomic E-state index is -0.307. The molecule has 0 aliphatic heterocycles. The van der Waals surface area contributed by atoms with Crippen molar-refractivity contribution >= 4 is 17.9 Å². The Bertz CT molecular complexity index is 733. The van der Waals surface area contributed by atoms with E-state index in [-0.39, 0.29) is 35.3 Å². The molecular formula is C29H48O6. The summed E-state index contributed by atoms with van der Waals surface area (Å²) in [5, 5.41) is 0. The van der Waals surface area contributed by atoms with E-state index in [1.54, 1.807) is 0 Å². The number of hydrogen-bond donors (Lipinski definition) is 0. The van der Waals surface area contributed by atoms with Crippen LogP contribution in [0.25, 0.3) is 0 Å². The van der Waals surface area contributed by atoms with Crippen molar-refractivity contribution in [2.24, 2.45) is 11.3 Å². The number of hydrogen-bond acceptors (Lipinski definition) is 6. The molecule has 0 aromatic heterocycles. The second kappa shape index (κ2) is 16.5. The molecule has 35 heavy (non-hydrogen) atoms. The zero-order valence-electron chi connectivity index (χ0n) is 23.0. The van der Waals surface area contributed by atoms with Crippen molar-refractivity contribution in [3.8, 4) is 0 Å². The van der Waals surface area contributed by atoms with Crippen LogP contribution in [-0.4, -0.2) is 30.6 Å². The van der Waals surface area contributed by atoms with E-state index in [2.05, 4.69) is 26.8 Å². The van der Waals surface area contributed by atoms with Gasteiger partial charge < -0.3 is 14.2 Å². The van der Waals surface area contributed by atoms with Gasteiger partial charge in [-0.05, 0) is 44.6 Å². The molecule has 0 heterocycles. The van der Waals surface area contributed by atoms with Gasteiger partial charge in [0, 0.05) is 31.6 Å². The van der Waals surface area contributed by atoms with Crippen molar-refractivity contribution in [2.45, 2.75) is 125 Å². The van der Waals surface area contributed by atoms with Gasteiger partial charge in [-0.25, -0.2) is 0 Å². The van der Waals surface area contributed by atoms with Gasteiger partial charge in [-0.2, -0.15) is 0 Å². The first-order valence-corrected chi connectivity index (χ1v) is 13.5. The van der Waals surface area contributed by atoms with Crippen LogP contribution in [0.15, 0.2) is 23.5 Å². The van der Waals surface area contributed by atoms with Crippen molar-refractivity contribution in [3.05, 3.63) is 23.5 Å². The van der Waals surface area contributed by atoms with Crippen LogP contribution in [0.4, 0.5) is 0 Å². The van der Waals surface area contributed by atoms with Crippen molar-refractivity contribution in [1.82, 2.24) is 0 Å². The molecule has 0 radical (unpaired) electrons. The van der Waals surface area contributed by atoms with Gasteiger partial charge in [0.05, 0.1) is 6.61 Å². The van der Waals surface area contributed by atoms with Crippen molar-refractivity contribution < 1.29 is 28.6 Å². The molecular weight excluding hydrogens is 444 g/mol. The van der Waals surface area contributed by atoms with Crippen LogP contribution in [-0.2, 0) is 28.6 Å². The van der Waals surface area contributed by atoms with Gasteiger partial charge in [-0.1, -0.05) is 71.4 Å². The second-order valence-electron chi connectivity index (χ2n) is 10.3. The molecule has 2 atom stereocenters. The molecule has 200 valence electrons. The van der Waals surface area contributed by atoms with Crippen molar-refractivity contribution in [1.29, 1.82) is 0 Å². The number of esters is 3. The summed E-state index contributed by atoms with van der Waals surface area (Å²) in [6, 6.07) is 0. The Labute approximate surface area is 212 Å². The summed E-state index contributed by atoms with van der Waals surface area (Å²) in [6.45, 7) is 11.8. The maximum atomic E-state index is 11.8.